The molecule has 6 heteroatoms. The molecule has 0 spiro atoms. The van der Waals surface area contributed by atoms with Crippen LogP contribution in [0.2, 0.25) is 0 Å². The van der Waals surface area contributed by atoms with Gasteiger partial charge in [-0.2, -0.15) is 0 Å². The van der Waals surface area contributed by atoms with E-state index in [0.717, 1.165) is 9.13 Å². The van der Waals surface area contributed by atoms with Gasteiger partial charge in [-0.3, -0.25) is 0 Å². The average Bonchev–Trinajstić information content (AvgIpc) is 2.22. The minimum absolute atomic E-state index is 0.535. The van der Waals surface area contributed by atoms with Gasteiger partial charge in [-0.1, -0.05) is 6.07 Å². The molecule has 0 aromatic heterocycles. The Morgan fingerprint density at radius 3 is 2.50 bits per heavy atom. The van der Waals surface area contributed by atoms with Gasteiger partial charge in [-0.25, -0.2) is 9.59 Å². The van der Waals surface area contributed by atoms with E-state index in [1.54, 1.807) is 0 Å². The number of carbonyl (C=O) groups is 2. The molecule has 0 aliphatic rings. The Bertz CT molecular complexity index is 486. The first-order chi connectivity index (χ1) is 8.22. The van der Waals surface area contributed by atoms with Crippen molar-refractivity contribution in [1.82, 2.24) is 5.32 Å². The Labute approximate surface area is 119 Å². The van der Waals surface area contributed by atoms with E-state index in [-0.39, 0.29) is 0 Å². The summed E-state index contributed by atoms with van der Waals surface area (Å²) in [6.07, 6.45) is 0. The van der Waals surface area contributed by atoms with Gasteiger partial charge < -0.3 is 15.7 Å². The highest BCUT2D eigenvalue weighted by atomic mass is 127. The number of anilines is 1. The molecule has 0 radical (unpaired) electrons. The van der Waals surface area contributed by atoms with Crippen molar-refractivity contribution in [2.75, 3.05) is 5.32 Å². The monoisotopic (exact) mass is 362 g/mol. The highest BCUT2D eigenvalue weighted by Crippen LogP contribution is 2.18. The molecule has 0 fully saturated rings. The molecule has 0 atom stereocenters. The van der Waals surface area contributed by atoms with Gasteiger partial charge in [0.15, 0.2) is 0 Å². The Hall–Kier alpha value is -1.31. The van der Waals surface area contributed by atoms with Crippen LogP contribution in [0.25, 0.3) is 0 Å². The Kier molecular flexibility index (Phi) is 4.55. The molecule has 98 valence electrons. The van der Waals surface area contributed by atoms with Crippen LogP contribution in [0.1, 0.15) is 19.4 Å². The highest BCUT2D eigenvalue weighted by Gasteiger charge is 2.28. The van der Waals surface area contributed by atoms with Crippen LogP contribution in [0.3, 0.4) is 0 Å². The van der Waals surface area contributed by atoms with E-state index in [1.807, 2.05) is 25.1 Å². The third-order valence-corrected chi connectivity index (χ3v) is 3.08. The number of rotatable bonds is 3. The molecule has 0 bridgehead atoms. The predicted molar refractivity (Wildman–Crippen MR) is 77.8 cm³/mol. The topological polar surface area (TPSA) is 78.4 Å². The van der Waals surface area contributed by atoms with Gasteiger partial charge in [0.25, 0.3) is 0 Å². The molecule has 1 aromatic rings. The Morgan fingerprint density at radius 1 is 1.33 bits per heavy atom. The third-order valence-electron chi connectivity index (χ3n) is 2.41. The van der Waals surface area contributed by atoms with Crippen molar-refractivity contribution in [3.8, 4) is 0 Å². The normalized spacial score (nSPS) is 10.9. The smallest absolute Gasteiger partial charge is 0.328 e. The number of amides is 2. The van der Waals surface area contributed by atoms with Crippen molar-refractivity contribution in [3.63, 3.8) is 0 Å². The number of aryl methyl sites for hydroxylation is 1. The summed E-state index contributed by atoms with van der Waals surface area (Å²) in [6, 6.07) is 5.11. The zero-order chi connectivity index (χ0) is 13.9. The maximum Gasteiger partial charge on any atom is 0.328 e. The Balaban J connectivity index is 2.77. The summed E-state index contributed by atoms with van der Waals surface area (Å²) >= 11 is 2.14. The number of hydrogen-bond donors (Lipinski definition) is 3. The molecule has 0 saturated carbocycles. The lowest BCUT2D eigenvalue weighted by Gasteiger charge is -2.21. The van der Waals surface area contributed by atoms with Gasteiger partial charge in [-0.05, 0) is 61.1 Å². The van der Waals surface area contributed by atoms with E-state index >= 15 is 0 Å². The number of nitrogens with one attached hydrogen (secondary N) is 2. The number of urea groups is 1. The minimum atomic E-state index is -1.31. The number of carboxylic acids is 1. The standard InChI is InChI=1S/C12H15IN2O3/c1-7-4-5-8(13)6-9(7)14-11(18)15-12(2,3)10(16)17/h4-6H,1-3H3,(H,16,17)(H2,14,15,18). The zero-order valence-corrected chi connectivity index (χ0v) is 12.5. The second-order valence-corrected chi connectivity index (χ2v) is 5.71. The van der Waals surface area contributed by atoms with Crippen LogP contribution in [0, 0.1) is 10.5 Å². The fraction of sp³-hybridized carbons (Fsp3) is 0.333. The van der Waals surface area contributed by atoms with E-state index < -0.39 is 17.5 Å². The van der Waals surface area contributed by atoms with Gasteiger partial charge in [0, 0.05) is 9.26 Å². The molecule has 3 N–H and O–H groups in total. The molecule has 1 aromatic carbocycles. The van der Waals surface area contributed by atoms with Crippen LogP contribution in [0.5, 0.6) is 0 Å². The molecule has 1 rings (SSSR count). The van der Waals surface area contributed by atoms with E-state index in [1.165, 1.54) is 13.8 Å². The van der Waals surface area contributed by atoms with Crippen molar-refractivity contribution in [2.24, 2.45) is 0 Å². The van der Waals surface area contributed by atoms with Crippen LogP contribution < -0.4 is 10.6 Å². The summed E-state index contributed by atoms with van der Waals surface area (Å²) in [5.74, 6) is -1.09. The van der Waals surface area contributed by atoms with Gasteiger partial charge in [0.1, 0.15) is 5.54 Å². The molecule has 0 aliphatic carbocycles. The van der Waals surface area contributed by atoms with Crippen LogP contribution >= 0.6 is 22.6 Å². The van der Waals surface area contributed by atoms with Crippen molar-refractivity contribution < 1.29 is 14.7 Å². The molecule has 5 nitrogen and oxygen atoms in total. The third kappa shape index (κ3) is 3.86. The fourth-order valence-corrected chi connectivity index (χ4v) is 1.71. The maximum absolute atomic E-state index is 11.7. The molecule has 0 saturated heterocycles. The maximum atomic E-state index is 11.7. The lowest BCUT2D eigenvalue weighted by Crippen LogP contribution is -2.51. The van der Waals surface area contributed by atoms with E-state index in [2.05, 4.69) is 33.2 Å². The number of carbonyl (C=O) groups excluding carboxylic acids is 1. The predicted octanol–water partition coefficient (Wildman–Crippen LogP) is 2.58. The van der Waals surface area contributed by atoms with Crippen molar-refractivity contribution in [3.05, 3.63) is 27.3 Å². The summed E-state index contributed by atoms with van der Waals surface area (Å²) in [7, 11) is 0. The molecule has 2 amide bonds. The molecule has 0 heterocycles. The molecule has 18 heavy (non-hydrogen) atoms. The second-order valence-electron chi connectivity index (χ2n) is 4.47. The van der Waals surface area contributed by atoms with Crippen molar-refractivity contribution in [1.29, 1.82) is 0 Å². The van der Waals surface area contributed by atoms with Gasteiger partial charge >= 0.3 is 12.0 Å². The number of aliphatic carboxylic acids is 1. The Morgan fingerprint density at radius 2 is 1.94 bits per heavy atom. The largest absolute Gasteiger partial charge is 0.480 e. The fourth-order valence-electron chi connectivity index (χ4n) is 1.22. The quantitative estimate of drug-likeness (QED) is 0.724. The molecule has 0 aliphatic heterocycles. The summed E-state index contributed by atoms with van der Waals surface area (Å²) in [6.45, 7) is 4.72. The summed E-state index contributed by atoms with van der Waals surface area (Å²) < 4.78 is 0.992. The van der Waals surface area contributed by atoms with E-state index in [4.69, 9.17) is 5.11 Å². The van der Waals surface area contributed by atoms with Gasteiger partial charge in [0.2, 0.25) is 0 Å². The van der Waals surface area contributed by atoms with E-state index in [9.17, 15) is 9.59 Å². The summed E-state index contributed by atoms with van der Waals surface area (Å²) in [5.41, 5.74) is 0.277. The van der Waals surface area contributed by atoms with Crippen LogP contribution in [0.15, 0.2) is 18.2 Å². The van der Waals surface area contributed by atoms with Crippen LogP contribution in [0.4, 0.5) is 10.5 Å². The summed E-state index contributed by atoms with van der Waals surface area (Å²) in [4.78, 5) is 22.6. The molecule has 0 unspecified atom stereocenters. The SMILES string of the molecule is Cc1ccc(I)cc1NC(=O)NC(C)(C)C(=O)O. The first kappa shape index (κ1) is 14.7. The number of benzene rings is 1. The van der Waals surface area contributed by atoms with Crippen LogP contribution in [-0.4, -0.2) is 22.6 Å². The van der Waals surface area contributed by atoms with Gasteiger partial charge in [0.05, 0.1) is 0 Å². The number of hydrogen-bond acceptors (Lipinski definition) is 2. The summed E-state index contributed by atoms with van der Waals surface area (Å²) in [5, 5.41) is 14.0. The number of halogens is 1. The lowest BCUT2D eigenvalue weighted by molar-refractivity contribution is -0.142. The second kappa shape index (κ2) is 5.55. The molecular weight excluding hydrogens is 347 g/mol. The van der Waals surface area contributed by atoms with Crippen LogP contribution in [-0.2, 0) is 4.79 Å². The first-order valence-corrected chi connectivity index (χ1v) is 6.39. The van der Waals surface area contributed by atoms with E-state index in [0.29, 0.717) is 5.69 Å². The zero-order valence-electron chi connectivity index (χ0n) is 10.4. The van der Waals surface area contributed by atoms with Gasteiger partial charge in [-0.15, -0.1) is 0 Å². The highest BCUT2D eigenvalue weighted by molar-refractivity contribution is 14.1. The average molecular weight is 362 g/mol. The number of carboxylic acid groups (broad SMARTS) is 1. The molecular formula is C12H15IN2O3. The van der Waals surface area contributed by atoms with Crippen molar-refractivity contribution in [2.45, 2.75) is 26.3 Å². The first-order valence-electron chi connectivity index (χ1n) is 5.31. The minimum Gasteiger partial charge on any atom is -0.480 e. The van der Waals surface area contributed by atoms with Crippen molar-refractivity contribution >= 4 is 40.3 Å². The lowest BCUT2D eigenvalue weighted by atomic mass is 10.1.